The molecule has 1 aliphatic rings. The van der Waals surface area contributed by atoms with Crippen molar-refractivity contribution in [2.75, 3.05) is 18.0 Å². The Balaban J connectivity index is 1.45. The second kappa shape index (κ2) is 8.22. The van der Waals surface area contributed by atoms with E-state index >= 15 is 0 Å². The van der Waals surface area contributed by atoms with Crippen LogP contribution in [-0.2, 0) is 17.8 Å². The van der Waals surface area contributed by atoms with Crippen LogP contribution >= 0.6 is 11.3 Å². The molecular weight excluding hydrogens is 375 g/mol. The molecule has 0 radical (unpaired) electrons. The van der Waals surface area contributed by atoms with E-state index in [1.807, 2.05) is 0 Å². The molecule has 3 heterocycles. The highest BCUT2D eigenvalue weighted by Crippen LogP contribution is 2.32. The van der Waals surface area contributed by atoms with Crippen LogP contribution in [-0.4, -0.2) is 29.0 Å². The van der Waals surface area contributed by atoms with Gasteiger partial charge >= 0.3 is 0 Å². The largest absolute Gasteiger partial charge is 0.355 e. The van der Waals surface area contributed by atoms with E-state index in [2.05, 4.69) is 33.2 Å². The van der Waals surface area contributed by atoms with Crippen LogP contribution in [0.15, 0.2) is 36.7 Å². The zero-order valence-electron chi connectivity index (χ0n) is 15.8. The van der Waals surface area contributed by atoms with Gasteiger partial charge in [0, 0.05) is 24.5 Å². The number of anilines is 1. The van der Waals surface area contributed by atoms with Crippen LogP contribution in [0.4, 0.5) is 10.2 Å². The van der Waals surface area contributed by atoms with E-state index in [0.717, 1.165) is 47.4 Å². The molecule has 28 heavy (non-hydrogen) atoms. The molecule has 3 aromatic rings. The molecule has 0 bridgehead atoms. The Bertz CT molecular complexity index is 972. The van der Waals surface area contributed by atoms with Crippen molar-refractivity contribution in [3.8, 4) is 0 Å². The standard InChI is InChI=1S/C21H23FN4OS/c1-2-17-10-18-19(24-13-25-21(18)28-17)26-9-3-4-15(12-26)20(27)23-11-14-5-7-16(22)8-6-14/h5-8,10,13,15H,2-4,9,11-12H2,1H3,(H,23,27). The molecule has 1 aliphatic heterocycles. The predicted molar refractivity (Wildman–Crippen MR) is 110 cm³/mol. The highest BCUT2D eigenvalue weighted by atomic mass is 32.1. The van der Waals surface area contributed by atoms with Crippen molar-refractivity contribution in [1.82, 2.24) is 15.3 Å². The summed E-state index contributed by atoms with van der Waals surface area (Å²) in [6.07, 6.45) is 4.41. The minimum absolute atomic E-state index is 0.0406. The third-order valence-electron chi connectivity index (χ3n) is 5.18. The summed E-state index contributed by atoms with van der Waals surface area (Å²) in [7, 11) is 0. The molecule has 0 spiro atoms. The number of piperidine rings is 1. The fourth-order valence-corrected chi connectivity index (χ4v) is 4.57. The molecule has 146 valence electrons. The van der Waals surface area contributed by atoms with Crippen LogP contribution in [0.1, 0.15) is 30.2 Å². The number of aromatic nitrogens is 2. The second-order valence-corrected chi connectivity index (χ2v) is 8.23. The lowest BCUT2D eigenvalue weighted by Gasteiger charge is -2.33. The van der Waals surface area contributed by atoms with Gasteiger partial charge in [0.15, 0.2) is 0 Å². The van der Waals surface area contributed by atoms with E-state index < -0.39 is 0 Å². The fourth-order valence-electron chi connectivity index (χ4n) is 3.64. The van der Waals surface area contributed by atoms with Crippen LogP contribution in [0, 0.1) is 11.7 Å². The maximum Gasteiger partial charge on any atom is 0.225 e. The van der Waals surface area contributed by atoms with Gasteiger partial charge in [0.05, 0.1) is 11.3 Å². The van der Waals surface area contributed by atoms with Crippen molar-refractivity contribution in [2.45, 2.75) is 32.7 Å². The average molecular weight is 399 g/mol. The number of nitrogens with one attached hydrogen (secondary N) is 1. The minimum Gasteiger partial charge on any atom is -0.355 e. The van der Waals surface area contributed by atoms with Crippen molar-refractivity contribution in [3.63, 3.8) is 0 Å². The topological polar surface area (TPSA) is 58.1 Å². The van der Waals surface area contributed by atoms with Crippen molar-refractivity contribution in [3.05, 3.63) is 52.9 Å². The van der Waals surface area contributed by atoms with Crippen LogP contribution in [0.5, 0.6) is 0 Å². The Kier molecular flexibility index (Phi) is 5.52. The molecular formula is C21H23FN4OS. The molecule has 1 fully saturated rings. The number of aryl methyl sites for hydroxylation is 1. The predicted octanol–water partition coefficient (Wildman–Crippen LogP) is 3.93. The average Bonchev–Trinajstić information content (AvgIpc) is 3.16. The molecule has 5 nitrogen and oxygen atoms in total. The number of hydrogen-bond acceptors (Lipinski definition) is 5. The number of halogens is 1. The Hall–Kier alpha value is -2.54. The third-order valence-corrected chi connectivity index (χ3v) is 6.37. The van der Waals surface area contributed by atoms with Crippen LogP contribution < -0.4 is 10.2 Å². The maximum atomic E-state index is 13.0. The van der Waals surface area contributed by atoms with Crippen LogP contribution in [0.3, 0.4) is 0 Å². The Morgan fingerprint density at radius 3 is 2.93 bits per heavy atom. The van der Waals surface area contributed by atoms with Crippen molar-refractivity contribution < 1.29 is 9.18 Å². The van der Waals surface area contributed by atoms with E-state index in [0.29, 0.717) is 13.1 Å². The number of nitrogens with zero attached hydrogens (tertiary/aromatic N) is 3. The van der Waals surface area contributed by atoms with Crippen molar-refractivity contribution in [1.29, 1.82) is 0 Å². The lowest BCUT2D eigenvalue weighted by atomic mass is 9.97. The Labute approximate surface area is 167 Å². The first kappa shape index (κ1) is 18.8. The van der Waals surface area contributed by atoms with Gasteiger partial charge in [0.2, 0.25) is 5.91 Å². The van der Waals surface area contributed by atoms with Gasteiger partial charge in [-0.25, -0.2) is 14.4 Å². The van der Waals surface area contributed by atoms with Crippen LogP contribution in [0.25, 0.3) is 10.2 Å². The highest BCUT2D eigenvalue weighted by molar-refractivity contribution is 7.18. The number of hydrogen-bond donors (Lipinski definition) is 1. The van der Waals surface area contributed by atoms with Crippen LogP contribution in [0.2, 0.25) is 0 Å². The van der Waals surface area contributed by atoms with Gasteiger partial charge < -0.3 is 10.2 Å². The van der Waals surface area contributed by atoms with Gasteiger partial charge in [-0.2, -0.15) is 0 Å². The van der Waals surface area contributed by atoms with Gasteiger partial charge in [0.1, 0.15) is 22.8 Å². The summed E-state index contributed by atoms with van der Waals surface area (Å²) in [6.45, 7) is 4.10. The summed E-state index contributed by atoms with van der Waals surface area (Å²) in [6, 6.07) is 8.39. The zero-order valence-corrected chi connectivity index (χ0v) is 16.6. The number of amides is 1. The second-order valence-electron chi connectivity index (χ2n) is 7.11. The molecule has 4 rings (SSSR count). The number of rotatable bonds is 5. The summed E-state index contributed by atoms with van der Waals surface area (Å²) < 4.78 is 13.0. The summed E-state index contributed by atoms with van der Waals surface area (Å²) in [5, 5.41) is 4.07. The fraction of sp³-hybridized carbons (Fsp3) is 0.381. The van der Waals surface area contributed by atoms with E-state index in [1.165, 1.54) is 17.0 Å². The number of carbonyl (C=O) groups is 1. The third kappa shape index (κ3) is 3.99. The quantitative estimate of drug-likeness (QED) is 0.708. The number of benzene rings is 1. The molecule has 1 saturated heterocycles. The van der Waals surface area contributed by atoms with Crippen molar-refractivity contribution in [2.24, 2.45) is 5.92 Å². The van der Waals surface area contributed by atoms with Gasteiger partial charge in [0.25, 0.3) is 0 Å². The van der Waals surface area contributed by atoms with E-state index in [1.54, 1.807) is 29.8 Å². The molecule has 2 aromatic heterocycles. The Morgan fingerprint density at radius 1 is 1.32 bits per heavy atom. The number of thiophene rings is 1. The summed E-state index contributed by atoms with van der Waals surface area (Å²) in [5.74, 6) is 0.619. The molecule has 1 unspecified atom stereocenters. The first-order valence-electron chi connectivity index (χ1n) is 9.64. The lowest BCUT2D eigenvalue weighted by Crippen LogP contribution is -2.43. The van der Waals surface area contributed by atoms with Gasteiger partial charge in [-0.05, 0) is 43.0 Å². The SMILES string of the molecule is CCc1cc2c(N3CCCC(C(=O)NCc4ccc(F)cc4)C3)ncnc2s1. The summed E-state index contributed by atoms with van der Waals surface area (Å²) in [4.78, 5) is 26.1. The first-order valence-corrected chi connectivity index (χ1v) is 10.5. The molecule has 0 aliphatic carbocycles. The highest BCUT2D eigenvalue weighted by Gasteiger charge is 2.27. The van der Waals surface area contributed by atoms with E-state index in [-0.39, 0.29) is 17.6 Å². The molecule has 1 atom stereocenters. The maximum absolute atomic E-state index is 13.0. The first-order chi connectivity index (χ1) is 13.6. The van der Waals surface area contributed by atoms with Gasteiger partial charge in [-0.1, -0.05) is 19.1 Å². The summed E-state index contributed by atoms with van der Waals surface area (Å²) >= 11 is 1.71. The lowest BCUT2D eigenvalue weighted by molar-refractivity contribution is -0.125. The van der Waals surface area contributed by atoms with E-state index in [4.69, 9.17) is 0 Å². The molecule has 1 aromatic carbocycles. The van der Waals surface area contributed by atoms with Crippen molar-refractivity contribution >= 4 is 33.3 Å². The molecule has 1 N–H and O–H groups in total. The molecule has 1 amide bonds. The number of carbonyl (C=O) groups excluding carboxylic acids is 1. The normalized spacial score (nSPS) is 17.1. The smallest absolute Gasteiger partial charge is 0.225 e. The van der Waals surface area contributed by atoms with Gasteiger partial charge in [-0.3, -0.25) is 4.79 Å². The summed E-state index contributed by atoms with van der Waals surface area (Å²) in [5.41, 5.74) is 0.894. The Morgan fingerprint density at radius 2 is 2.14 bits per heavy atom. The minimum atomic E-state index is -0.270. The molecule has 7 heteroatoms. The monoisotopic (exact) mass is 398 g/mol. The molecule has 0 saturated carbocycles. The number of fused-ring (bicyclic) bond motifs is 1. The van der Waals surface area contributed by atoms with E-state index in [9.17, 15) is 9.18 Å². The zero-order chi connectivity index (χ0) is 19.5. The van der Waals surface area contributed by atoms with Gasteiger partial charge in [-0.15, -0.1) is 11.3 Å².